The Bertz CT molecular complexity index is 240. The van der Waals surface area contributed by atoms with Gasteiger partial charge < -0.3 is 15.0 Å². The van der Waals surface area contributed by atoms with Crippen molar-refractivity contribution in [3.63, 3.8) is 0 Å². The van der Waals surface area contributed by atoms with Crippen LogP contribution in [0.15, 0.2) is 0 Å². The molecule has 106 valence electrons. The number of methoxy groups -OCH3 is 1. The lowest BCUT2D eigenvalue weighted by atomic mass is 10.1. The molecule has 0 heterocycles. The fourth-order valence-electron chi connectivity index (χ4n) is 2.70. The fourth-order valence-corrected chi connectivity index (χ4v) is 2.70. The molecule has 4 nitrogen and oxygen atoms in total. The molecule has 0 aromatic carbocycles. The van der Waals surface area contributed by atoms with Crippen LogP contribution in [0, 0.1) is 5.92 Å². The standard InChI is InChI=1S/C14H28N2O2/c1-4-9-15-13(14(17)18-3)11-16(2)10-12-7-5-6-8-12/h12-13,15H,4-11H2,1-3H3. The normalized spacial score (nSPS) is 18.2. The molecule has 1 rings (SSSR count). The Hall–Kier alpha value is -0.610. The summed E-state index contributed by atoms with van der Waals surface area (Å²) in [7, 11) is 3.56. The van der Waals surface area contributed by atoms with E-state index in [0.29, 0.717) is 0 Å². The van der Waals surface area contributed by atoms with Crippen LogP contribution in [0.5, 0.6) is 0 Å². The van der Waals surface area contributed by atoms with E-state index in [-0.39, 0.29) is 12.0 Å². The summed E-state index contributed by atoms with van der Waals surface area (Å²) in [5.41, 5.74) is 0. The number of nitrogens with zero attached hydrogens (tertiary/aromatic N) is 1. The molecule has 0 spiro atoms. The molecule has 0 aromatic heterocycles. The van der Waals surface area contributed by atoms with E-state index < -0.39 is 0 Å². The van der Waals surface area contributed by atoms with Crippen LogP contribution < -0.4 is 5.32 Å². The Kier molecular flexibility index (Phi) is 7.28. The largest absolute Gasteiger partial charge is 0.468 e. The molecule has 0 aliphatic heterocycles. The zero-order chi connectivity index (χ0) is 13.4. The number of hydrogen-bond donors (Lipinski definition) is 1. The lowest BCUT2D eigenvalue weighted by Crippen LogP contribution is -2.46. The van der Waals surface area contributed by atoms with Gasteiger partial charge in [0.15, 0.2) is 0 Å². The van der Waals surface area contributed by atoms with E-state index in [0.717, 1.165) is 32.0 Å². The number of nitrogens with one attached hydrogen (secondary N) is 1. The number of likely N-dealkylation sites (N-methyl/N-ethyl adjacent to an activating group) is 1. The van der Waals surface area contributed by atoms with Gasteiger partial charge in [-0.2, -0.15) is 0 Å². The highest BCUT2D eigenvalue weighted by Crippen LogP contribution is 2.25. The Morgan fingerprint density at radius 2 is 2.11 bits per heavy atom. The summed E-state index contributed by atoms with van der Waals surface area (Å²) in [6.45, 7) is 4.80. The van der Waals surface area contributed by atoms with Crippen molar-refractivity contribution < 1.29 is 9.53 Å². The summed E-state index contributed by atoms with van der Waals surface area (Å²) >= 11 is 0. The lowest BCUT2D eigenvalue weighted by molar-refractivity contribution is -0.143. The zero-order valence-corrected chi connectivity index (χ0v) is 12.1. The maximum Gasteiger partial charge on any atom is 0.324 e. The smallest absolute Gasteiger partial charge is 0.324 e. The summed E-state index contributed by atoms with van der Waals surface area (Å²) in [5.74, 6) is 0.668. The van der Waals surface area contributed by atoms with Gasteiger partial charge in [-0.1, -0.05) is 19.8 Å². The molecule has 1 atom stereocenters. The average molecular weight is 256 g/mol. The van der Waals surface area contributed by atoms with E-state index in [4.69, 9.17) is 4.74 Å². The minimum atomic E-state index is -0.193. The third kappa shape index (κ3) is 5.36. The number of ether oxygens (including phenoxy) is 1. The van der Waals surface area contributed by atoms with Crippen LogP contribution in [0.3, 0.4) is 0 Å². The van der Waals surface area contributed by atoms with Crippen molar-refractivity contribution in [2.45, 2.75) is 45.1 Å². The van der Waals surface area contributed by atoms with Gasteiger partial charge in [-0.25, -0.2) is 0 Å². The first kappa shape index (κ1) is 15.4. The molecule has 1 fully saturated rings. The number of carbonyl (C=O) groups excluding carboxylic acids is 1. The predicted octanol–water partition coefficient (Wildman–Crippen LogP) is 1.65. The predicted molar refractivity (Wildman–Crippen MR) is 73.6 cm³/mol. The van der Waals surface area contributed by atoms with Gasteiger partial charge in [0.25, 0.3) is 0 Å². The van der Waals surface area contributed by atoms with Gasteiger partial charge in [-0.3, -0.25) is 4.79 Å². The number of hydrogen-bond acceptors (Lipinski definition) is 4. The van der Waals surface area contributed by atoms with Gasteiger partial charge >= 0.3 is 5.97 Å². The molecule has 18 heavy (non-hydrogen) atoms. The SMILES string of the molecule is CCCNC(CN(C)CC1CCCC1)C(=O)OC. The molecule has 1 N–H and O–H groups in total. The van der Waals surface area contributed by atoms with Gasteiger partial charge in [0, 0.05) is 13.1 Å². The maximum atomic E-state index is 11.7. The van der Waals surface area contributed by atoms with Crippen LogP contribution in [-0.4, -0.2) is 50.7 Å². The molecule has 1 unspecified atom stereocenters. The lowest BCUT2D eigenvalue weighted by Gasteiger charge is -2.25. The van der Waals surface area contributed by atoms with Crippen LogP contribution in [0.25, 0.3) is 0 Å². The molecule has 1 aliphatic rings. The van der Waals surface area contributed by atoms with E-state index in [2.05, 4.69) is 24.2 Å². The molecule has 0 amide bonds. The van der Waals surface area contributed by atoms with E-state index >= 15 is 0 Å². The van der Waals surface area contributed by atoms with Gasteiger partial charge in [0.05, 0.1) is 7.11 Å². The Morgan fingerprint density at radius 3 is 2.67 bits per heavy atom. The Morgan fingerprint density at radius 1 is 1.44 bits per heavy atom. The third-order valence-electron chi connectivity index (χ3n) is 3.67. The molecule has 1 aliphatic carbocycles. The van der Waals surface area contributed by atoms with Crippen LogP contribution in [0.4, 0.5) is 0 Å². The van der Waals surface area contributed by atoms with Crippen LogP contribution in [0.2, 0.25) is 0 Å². The van der Waals surface area contributed by atoms with Crippen molar-refractivity contribution in [1.29, 1.82) is 0 Å². The second-order valence-electron chi connectivity index (χ2n) is 5.40. The highest BCUT2D eigenvalue weighted by Gasteiger charge is 2.22. The van der Waals surface area contributed by atoms with Crippen molar-refractivity contribution in [2.24, 2.45) is 5.92 Å². The van der Waals surface area contributed by atoms with Crippen molar-refractivity contribution in [1.82, 2.24) is 10.2 Å². The molecular weight excluding hydrogens is 228 g/mol. The highest BCUT2D eigenvalue weighted by atomic mass is 16.5. The second kappa shape index (κ2) is 8.48. The van der Waals surface area contributed by atoms with E-state index in [9.17, 15) is 4.79 Å². The van der Waals surface area contributed by atoms with Crippen molar-refractivity contribution in [3.05, 3.63) is 0 Å². The molecule has 0 bridgehead atoms. The molecule has 1 saturated carbocycles. The van der Waals surface area contributed by atoms with E-state index in [1.54, 1.807) is 0 Å². The summed E-state index contributed by atoms with van der Waals surface area (Å²) in [6.07, 6.45) is 6.45. The minimum absolute atomic E-state index is 0.151. The molecule has 0 radical (unpaired) electrons. The minimum Gasteiger partial charge on any atom is -0.468 e. The summed E-state index contributed by atoms with van der Waals surface area (Å²) in [5, 5.41) is 3.26. The van der Waals surface area contributed by atoms with Crippen LogP contribution in [-0.2, 0) is 9.53 Å². The first-order valence-corrected chi connectivity index (χ1v) is 7.17. The third-order valence-corrected chi connectivity index (χ3v) is 3.67. The number of carbonyl (C=O) groups is 1. The summed E-state index contributed by atoms with van der Waals surface area (Å²) in [4.78, 5) is 13.9. The monoisotopic (exact) mass is 256 g/mol. The average Bonchev–Trinajstić information content (AvgIpc) is 2.86. The fraction of sp³-hybridized carbons (Fsp3) is 0.929. The first-order chi connectivity index (χ1) is 8.67. The van der Waals surface area contributed by atoms with Gasteiger partial charge in [-0.05, 0) is 38.8 Å². The van der Waals surface area contributed by atoms with E-state index in [1.807, 2.05) is 0 Å². The van der Waals surface area contributed by atoms with Crippen LogP contribution >= 0.6 is 0 Å². The number of esters is 1. The Balaban J connectivity index is 2.35. The van der Waals surface area contributed by atoms with Gasteiger partial charge in [0.1, 0.15) is 6.04 Å². The Labute approximate surface area is 111 Å². The summed E-state index contributed by atoms with van der Waals surface area (Å²) < 4.78 is 4.85. The van der Waals surface area contributed by atoms with E-state index in [1.165, 1.54) is 32.8 Å². The molecule has 0 aromatic rings. The number of rotatable bonds is 8. The second-order valence-corrected chi connectivity index (χ2v) is 5.40. The van der Waals surface area contributed by atoms with Crippen molar-refractivity contribution >= 4 is 5.97 Å². The van der Waals surface area contributed by atoms with Crippen molar-refractivity contribution in [2.75, 3.05) is 33.8 Å². The topological polar surface area (TPSA) is 41.6 Å². The van der Waals surface area contributed by atoms with Crippen LogP contribution in [0.1, 0.15) is 39.0 Å². The van der Waals surface area contributed by atoms with Gasteiger partial charge in [0.2, 0.25) is 0 Å². The zero-order valence-electron chi connectivity index (χ0n) is 12.1. The quantitative estimate of drug-likeness (QED) is 0.671. The van der Waals surface area contributed by atoms with Crippen molar-refractivity contribution in [3.8, 4) is 0 Å². The molecule has 0 saturated heterocycles. The van der Waals surface area contributed by atoms with Gasteiger partial charge in [-0.15, -0.1) is 0 Å². The molecular formula is C14H28N2O2. The highest BCUT2D eigenvalue weighted by molar-refractivity contribution is 5.75. The first-order valence-electron chi connectivity index (χ1n) is 7.17. The maximum absolute atomic E-state index is 11.7. The molecule has 4 heteroatoms. The summed E-state index contributed by atoms with van der Waals surface area (Å²) in [6, 6.07) is -0.193.